The first-order valence-corrected chi connectivity index (χ1v) is 9.74. The summed E-state index contributed by atoms with van der Waals surface area (Å²) in [6.45, 7) is 0.251. The smallest absolute Gasteiger partial charge is 0.303 e. The van der Waals surface area contributed by atoms with Gasteiger partial charge in [0.25, 0.3) is 11.7 Å². The Morgan fingerprint density at radius 1 is 0.900 bits per heavy atom. The molecule has 1 unspecified atom stereocenters. The second-order valence-corrected chi connectivity index (χ2v) is 7.15. The van der Waals surface area contributed by atoms with Crippen LogP contribution in [0.3, 0.4) is 0 Å². The molecule has 1 aliphatic heterocycles. The van der Waals surface area contributed by atoms with Crippen LogP contribution in [0.1, 0.15) is 42.9 Å². The number of carboxylic acids is 1. The van der Waals surface area contributed by atoms with Gasteiger partial charge in [0, 0.05) is 18.5 Å². The number of hydrogen-bond acceptors (Lipinski definition) is 5. The summed E-state index contributed by atoms with van der Waals surface area (Å²) < 4.78 is 0. The fourth-order valence-corrected chi connectivity index (χ4v) is 3.60. The summed E-state index contributed by atoms with van der Waals surface area (Å²) in [6.07, 6.45) is 1.65. The predicted molar refractivity (Wildman–Crippen MR) is 110 cm³/mol. The van der Waals surface area contributed by atoms with E-state index in [0.717, 1.165) is 0 Å². The third-order valence-corrected chi connectivity index (χ3v) is 5.09. The number of unbranched alkanes of at least 4 members (excludes halogenated alkanes) is 2. The van der Waals surface area contributed by atoms with Gasteiger partial charge in [-0.15, -0.1) is 0 Å². The van der Waals surface area contributed by atoms with E-state index in [9.17, 15) is 24.6 Å². The number of likely N-dealkylation sites (tertiary alicyclic amines) is 1. The van der Waals surface area contributed by atoms with E-state index in [4.69, 9.17) is 5.11 Å². The molecular formula is C23H23NO6. The van der Waals surface area contributed by atoms with Crippen LogP contribution in [0.15, 0.2) is 60.2 Å². The van der Waals surface area contributed by atoms with Crippen LogP contribution in [0.4, 0.5) is 0 Å². The van der Waals surface area contributed by atoms with E-state index < -0.39 is 23.7 Å². The second-order valence-electron chi connectivity index (χ2n) is 7.15. The van der Waals surface area contributed by atoms with Crippen LogP contribution in [0.2, 0.25) is 0 Å². The van der Waals surface area contributed by atoms with Crippen LogP contribution in [-0.4, -0.2) is 44.4 Å². The quantitative estimate of drug-likeness (QED) is 0.266. The molecular weight excluding hydrogens is 386 g/mol. The van der Waals surface area contributed by atoms with E-state index in [1.54, 1.807) is 42.5 Å². The minimum absolute atomic E-state index is 0.00225. The maximum Gasteiger partial charge on any atom is 0.303 e. The molecule has 3 N–H and O–H groups in total. The highest BCUT2D eigenvalue weighted by molar-refractivity contribution is 6.46. The molecule has 1 fully saturated rings. The Balaban J connectivity index is 1.95. The average molecular weight is 409 g/mol. The minimum atomic E-state index is -0.873. The third kappa shape index (κ3) is 4.51. The first-order valence-electron chi connectivity index (χ1n) is 9.74. The van der Waals surface area contributed by atoms with Gasteiger partial charge < -0.3 is 20.2 Å². The normalized spacial score (nSPS) is 18.0. The van der Waals surface area contributed by atoms with E-state index in [1.165, 1.54) is 17.0 Å². The zero-order valence-electron chi connectivity index (χ0n) is 16.3. The van der Waals surface area contributed by atoms with Crippen molar-refractivity contribution < 1.29 is 29.7 Å². The molecule has 0 aliphatic carbocycles. The minimum Gasteiger partial charge on any atom is -0.508 e. The van der Waals surface area contributed by atoms with Crippen molar-refractivity contribution in [3.63, 3.8) is 0 Å². The van der Waals surface area contributed by atoms with Crippen molar-refractivity contribution in [3.8, 4) is 5.75 Å². The molecule has 1 atom stereocenters. The van der Waals surface area contributed by atoms with Crippen molar-refractivity contribution in [2.45, 2.75) is 31.7 Å². The Morgan fingerprint density at radius 3 is 2.20 bits per heavy atom. The molecule has 1 amide bonds. The largest absolute Gasteiger partial charge is 0.508 e. The molecule has 0 saturated carbocycles. The van der Waals surface area contributed by atoms with Gasteiger partial charge in [0.05, 0.1) is 11.6 Å². The lowest BCUT2D eigenvalue weighted by Crippen LogP contribution is -2.30. The number of aliphatic carboxylic acids is 1. The topological polar surface area (TPSA) is 115 Å². The van der Waals surface area contributed by atoms with Gasteiger partial charge in [-0.05, 0) is 30.5 Å². The number of aromatic hydroxyl groups is 1. The number of rotatable bonds is 8. The van der Waals surface area contributed by atoms with Crippen LogP contribution >= 0.6 is 0 Å². The van der Waals surface area contributed by atoms with Crippen molar-refractivity contribution in [1.82, 2.24) is 4.90 Å². The first-order chi connectivity index (χ1) is 14.4. The maximum atomic E-state index is 12.8. The Labute approximate surface area is 173 Å². The molecule has 0 aromatic heterocycles. The van der Waals surface area contributed by atoms with E-state index >= 15 is 0 Å². The number of phenolic OH excluding ortho intramolecular Hbond substituents is 1. The lowest BCUT2D eigenvalue weighted by Gasteiger charge is -2.25. The fourth-order valence-electron chi connectivity index (χ4n) is 3.60. The van der Waals surface area contributed by atoms with Gasteiger partial charge in [0.1, 0.15) is 11.5 Å². The summed E-state index contributed by atoms with van der Waals surface area (Å²) >= 11 is 0. The van der Waals surface area contributed by atoms with Crippen LogP contribution < -0.4 is 0 Å². The highest BCUT2D eigenvalue weighted by atomic mass is 16.4. The summed E-state index contributed by atoms with van der Waals surface area (Å²) in [4.78, 5) is 37.7. The predicted octanol–water partition coefficient (Wildman–Crippen LogP) is 3.46. The van der Waals surface area contributed by atoms with E-state index in [1.807, 2.05) is 0 Å². The number of carbonyl (C=O) groups excluding carboxylic acids is 2. The van der Waals surface area contributed by atoms with Gasteiger partial charge in [-0.2, -0.15) is 0 Å². The summed E-state index contributed by atoms with van der Waals surface area (Å²) in [7, 11) is 0. The molecule has 0 spiro atoms. The molecule has 0 radical (unpaired) electrons. The number of aliphatic hydroxyl groups excluding tert-OH is 1. The number of ketones is 1. The monoisotopic (exact) mass is 409 g/mol. The maximum absolute atomic E-state index is 12.8. The van der Waals surface area contributed by atoms with Gasteiger partial charge in [-0.1, -0.05) is 48.9 Å². The van der Waals surface area contributed by atoms with Crippen molar-refractivity contribution in [3.05, 3.63) is 71.3 Å². The third-order valence-electron chi connectivity index (χ3n) is 5.09. The van der Waals surface area contributed by atoms with Crippen LogP contribution in [0, 0.1) is 0 Å². The average Bonchev–Trinajstić information content (AvgIpc) is 2.99. The number of carbonyl (C=O) groups is 3. The lowest BCUT2D eigenvalue weighted by molar-refractivity contribution is -0.140. The molecule has 156 valence electrons. The van der Waals surface area contributed by atoms with E-state index in [2.05, 4.69) is 0 Å². The zero-order chi connectivity index (χ0) is 21.7. The molecule has 30 heavy (non-hydrogen) atoms. The molecule has 2 aromatic carbocycles. The van der Waals surface area contributed by atoms with Crippen LogP contribution in [0.25, 0.3) is 5.76 Å². The molecule has 7 nitrogen and oxygen atoms in total. The van der Waals surface area contributed by atoms with E-state index in [-0.39, 0.29) is 30.0 Å². The number of phenols is 1. The second kappa shape index (κ2) is 9.26. The molecule has 0 bridgehead atoms. The number of amides is 1. The Kier molecular flexibility index (Phi) is 6.51. The highest BCUT2D eigenvalue weighted by Gasteiger charge is 2.45. The summed E-state index contributed by atoms with van der Waals surface area (Å²) in [5.74, 6) is -2.54. The van der Waals surface area contributed by atoms with Crippen LogP contribution in [-0.2, 0) is 14.4 Å². The summed E-state index contributed by atoms with van der Waals surface area (Å²) in [6, 6.07) is 13.9. The lowest BCUT2D eigenvalue weighted by atomic mass is 9.95. The standard InChI is InChI=1S/C23H23NO6/c25-17-12-10-15(11-13-17)20-19(21(28)16-7-3-1-4-8-16)22(29)23(30)24(20)14-6-2-5-9-18(26)27/h1,3-4,7-8,10-13,20,25,28H,2,5-6,9,14H2,(H,26,27)/b21-19+. The van der Waals surface area contributed by atoms with Gasteiger partial charge in [-0.3, -0.25) is 14.4 Å². The molecule has 7 heteroatoms. The van der Waals surface area contributed by atoms with Gasteiger partial charge >= 0.3 is 5.97 Å². The van der Waals surface area contributed by atoms with E-state index in [0.29, 0.717) is 30.4 Å². The molecule has 1 saturated heterocycles. The molecule has 1 aliphatic rings. The number of Topliss-reactive ketones (excluding diaryl/α,β-unsaturated/α-hetero) is 1. The Morgan fingerprint density at radius 2 is 1.57 bits per heavy atom. The summed E-state index contributed by atoms with van der Waals surface area (Å²) in [5, 5.41) is 29.2. The SMILES string of the molecule is O=C(O)CCCCCN1C(=O)C(=O)/C(=C(/O)c2ccccc2)C1c1ccc(O)cc1. The van der Waals surface area contributed by atoms with Gasteiger partial charge in [0.15, 0.2) is 0 Å². The number of hydrogen-bond donors (Lipinski definition) is 3. The van der Waals surface area contributed by atoms with Crippen molar-refractivity contribution in [2.75, 3.05) is 6.54 Å². The number of benzene rings is 2. The Hall–Kier alpha value is -3.61. The zero-order valence-corrected chi connectivity index (χ0v) is 16.3. The van der Waals surface area contributed by atoms with Crippen LogP contribution in [0.5, 0.6) is 5.75 Å². The van der Waals surface area contributed by atoms with Crippen molar-refractivity contribution in [1.29, 1.82) is 0 Å². The molecule has 1 heterocycles. The number of aliphatic hydroxyl groups is 1. The summed E-state index contributed by atoms with van der Waals surface area (Å²) in [5.41, 5.74) is 1.03. The first kappa shape index (κ1) is 21.1. The highest BCUT2D eigenvalue weighted by Crippen LogP contribution is 2.39. The molecule has 2 aromatic rings. The Bertz CT molecular complexity index is 965. The number of carboxylic acid groups (broad SMARTS) is 1. The fraction of sp³-hybridized carbons (Fsp3) is 0.261. The molecule has 3 rings (SSSR count). The van der Waals surface area contributed by atoms with Crippen molar-refractivity contribution >= 4 is 23.4 Å². The van der Waals surface area contributed by atoms with Gasteiger partial charge in [0.2, 0.25) is 0 Å². The number of nitrogens with zero attached hydrogens (tertiary/aromatic N) is 1. The van der Waals surface area contributed by atoms with Crippen molar-refractivity contribution in [2.24, 2.45) is 0 Å². The van der Waals surface area contributed by atoms with Gasteiger partial charge in [-0.25, -0.2) is 0 Å².